The highest BCUT2D eigenvalue weighted by molar-refractivity contribution is 5.73. The van der Waals surface area contributed by atoms with Crippen LogP contribution in [0.25, 0.3) is 0 Å². The smallest absolute Gasteiger partial charge is 0.317 e. The molecule has 0 aliphatic heterocycles. The molecule has 0 bridgehead atoms. The van der Waals surface area contributed by atoms with Gasteiger partial charge in [-0.05, 0) is 36.8 Å². The van der Waals surface area contributed by atoms with Crippen LogP contribution in [0, 0.1) is 5.92 Å². The number of hydrogen-bond donors (Lipinski definition) is 2. The molecule has 0 saturated heterocycles. The van der Waals surface area contributed by atoms with E-state index in [-0.39, 0.29) is 12.1 Å². The van der Waals surface area contributed by atoms with Gasteiger partial charge in [0, 0.05) is 32.5 Å². The van der Waals surface area contributed by atoms with Crippen LogP contribution in [0.1, 0.15) is 18.4 Å². The van der Waals surface area contributed by atoms with E-state index in [0.29, 0.717) is 19.0 Å². The summed E-state index contributed by atoms with van der Waals surface area (Å²) < 4.78 is 0. The fraction of sp³-hybridized carbons (Fsp3) is 0.571. The van der Waals surface area contributed by atoms with Gasteiger partial charge in [-0.3, -0.25) is 4.98 Å². The van der Waals surface area contributed by atoms with Crippen LogP contribution in [0.15, 0.2) is 24.5 Å². The van der Waals surface area contributed by atoms with Crippen molar-refractivity contribution in [1.82, 2.24) is 15.2 Å². The van der Waals surface area contributed by atoms with E-state index < -0.39 is 0 Å². The van der Waals surface area contributed by atoms with Crippen molar-refractivity contribution >= 4 is 6.03 Å². The SMILES string of the molecule is CN(CC(O)C1CC1)C(=O)NCCc1cccnc1. The van der Waals surface area contributed by atoms with Crippen LogP contribution in [-0.4, -0.2) is 47.3 Å². The summed E-state index contributed by atoms with van der Waals surface area (Å²) >= 11 is 0. The van der Waals surface area contributed by atoms with Gasteiger partial charge in [0.25, 0.3) is 0 Å². The number of pyridine rings is 1. The summed E-state index contributed by atoms with van der Waals surface area (Å²) in [6.07, 6.45) is 6.07. The van der Waals surface area contributed by atoms with Gasteiger partial charge in [-0.2, -0.15) is 0 Å². The minimum Gasteiger partial charge on any atom is -0.391 e. The summed E-state index contributed by atoms with van der Waals surface area (Å²) in [7, 11) is 1.71. The lowest BCUT2D eigenvalue weighted by molar-refractivity contribution is 0.113. The first-order valence-corrected chi connectivity index (χ1v) is 6.72. The Morgan fingerprint density at radius 2 is 2.42 bits per heavy atom. The van der Waals surface area contributed by atoms with Gasteiger partial charge in [0.1, 0.15) is 0 Å². The Labute approximate surface area is 113 Å². The van der Waals surface area contributed by atoms with Crippen molar-refractivity contribution < 1.29 is 9.90 Å². The molecule has 2 amide bonds. The van der Waals surface area contributed by atoms with Crippen LogP contribution in [-0.2, 0) is 6.42 Å². The first-order valence-electron chi connectivity index (χ1n) is 6.72. The highest BCUT2D eigenvalue weighted by atomic mass is 16.3. The van der Waals surface area contributed by atoms with Gasteiger partial charge in [-0.1, -0.05) is 6.07 Å². The molecule has 0 spiro atoms. The molecule has 19 heavy (non-hydrogen) atoms. The average molecular weight is 263 g/mol. The molecule has 1 aromatic rings. The lowest BCUT2D eigenvalue weighted by atomic mass is 10.2. The second-order valence-corrected chi connectivity index (χ2v) is 5.13. The van der Waals surface area contributed by atoms with Crippen molar-refractivity contribution in [3.05, 3.63) is 30.1 Å². The number of amides is 2. The van der Waals surface area contributed by atoms with Crippen LogP contribution in [0.4, 0.5) is 4.79 Å². The van der Waals surface area contributed by atoms with Crippen LogP contribution < -0.4 is 5.32 Å². The van der Waals surface area contributed by atoms with Crippen LogP contribution in [0.2, 0.25) is 0 Å². The van der Waals surface area contributed by atoms with Crippen molar-refractivity contribution in [2.75, 3.05) is 20.1 Å². The number of likely N-dealkylation sites (N-methyl/N-ethyl adjacent to an activating group) is 1. The summed E-state index contributed by atoms with van der Waals surface area (Å²) in [5.74, 6) is 0.394. The van der Waals surface area contributed by atoms with E-state index in [1.165, 1.54) is 0 Å². The predicted octanol–water partition coefficient (Wildman–Crippen LogP) is 1.04. The Bertz CT molecular complexity index is 406. The number of carbonyl (C=O) groups excluding carboxylic acids is 1. The van der Waals surface area contributed by atoms with Gasteiger partial charge in [-0.25, -0.2) is 4.79 Å². The van der Waals surface area contributed by atoms with E-state index in [1.54, 1.807) is 24.3 Å². The number of carbonyl (C=O) groups is 1. The molecule has 1 aromatic heterocycles. The fourth-order valence-electron chi connectivity index (χ4n) is 1.99. The Hall–Kier alpha value is -1.62. The van der Waals surface area contributed by atoms with Gasteiger partial charge in [-0.15, -0.1) is 0 Å². The topological polar surface area (TPSA) is 65.5 Å². The van der Waals surface area contributed by atoms with Crippen LogP contribution in [0.3, 0.4) is 0 Å². The summed E-state index contributed by atoms with van der Waals surface area (Å²) in [5, 5.41) is 12.6. The summed E-state index contributed by atoms with van der Waals surface area (Å²) in [6, 6.07) is 3.73. The molecule has 0 aromatic carbocycles. The number of nitrogens with one attached hydrogen (secondary N) is 1. The lowest BCUT2D eigenvalue weighted by Gasteiger charge is -2.21. The van der Waals surface area contributed by atoms with Crippen molar-refractivity contribution in [1.29, 1.82) is 0 Å². The molecule has 5 nitrogen and oxygen atoms in total. The first kappa shape index (κ1) is 13.8. The van der Waals surface area contributed by atoms with Gasteiger partial charge < -0.3 is 15.3 Å². The van der Waals surface area contributed by atoms with E-state index in [4.69, 9.17) is 0 Å². The number of nitrogens with zero attached hydrogens (tertiary/aromatic N) is 2. The Morgan fingerprint density at radius 3 is 3.05 bits per heavy atom. The maximum absolute atomic E-state index is 11.8. The van der Waals surface area contributed by atoms with Crippen LogP contribution in [0.5, 0.6) is 0 Å². The molecule has 2 N–H and O–H groups in total. The summed E-state index contributed by atoms with van der Waals surface area (Å²) in [5.41, 5.74) is 1.10. The molecular weight excluding hydrogens is 242 g/mol. The molecule has 2 rings (SSSR count). The highest BCUT2D eigenvalue weighted by Crippen LogP contribution is 2.32. The summed E-state index contributed by atoms with van der Waals surface area (Å²) in [6.45, 7) is 0.984. The van der Waals surface area contributed by atoms with Gasteiger partial charge in [0.15, 0.2) is 0 Å². The van der Waals surface area contributed by atoms with Crippen LogP contribution >= 0.6 is 0 Å². The minimum absolute atomic E-state index is 0.136. The molecule has 1 heterocycles. The highest BCUT2D eigenvalue weighted by Gasteiger charge is 2.31. The Kier molecular flexibility index (Phi) is 4.74. The summed E-state index contributed by atoms with van der Waals surface area (Å²) in [4.78, 5) is 17.4. The van der Waals surface area contributed by atoms with Gasteiger partial charge in [0.05, 0.1) is 6.10 Å². The fourth-order valence-corrected chi connectivity index (χ4v) is 1.99. The molecule has 1 aliphatic rings. The first-order chi connectivity index (χ1) is 9.16. The molecule has 104 valence electrons. The van der Waals surface area contributed by atoms with Crippen molar-refractivity contribution in [3.8, 4) is 0 Å². The molecular formula is C14H21N3O2. The Balaban J connectivity index is 1.65. The maximum atomic E-state index is 11.8. The zero-order valence-electron chi connectivity index (χ0n) is 11.2. The molecule has 1 fully saturated rings. The third kappa shape index (κ3) is 4.52. The van der Waals surface area contributed by atoms with Crippen molar-refractivity contribution in [2.24, 2.45) is 5.92 Å². The predicted molar refractivity (Wildman–Crippen MR) is 72.7 cm³/mol. The zero-order valence-corrected chi connectivity index (χ0v) is 11.2. The van der Waals surface area contributed by atoms with E-state index in [9.17, 15) is 9.90 Å². The number of hydrogen-bond acceptors (Lipinski definition) is 3. The molecule has 1 saturated carbocycles. The standard InChI is InChI=1S/C14H21N3O2/c1-17(10-13(18)12-4-5-12)14(19)16-8-6-11-3-2-7-15-9-11/h2-3,7,9,12-13,18H,4-6,8,10H2,1H3,(H,16,19). The Morgan fingerprint density at radius 1 is 1.63 bits per heavy atom. The second kappa shape index (κ2) is 6.52. The van der Waals surface area contributed by atoms with E-state index >= 15 is 0 Å². The monoisotopic (exact) mass is 263 g/mol. The zero-order chi connectivity index (χ0) is 13.7. The van der Waals surface area contributed by atoms with E-state index in [2.05, 4.69) is 10.3 Å². The number of aliphatic hydroxyl groups excluding tert-OH is 1. The molecule has 1 aliphatic carbocycles. The average Bonchev–Trinajstić information content (AvgIpc) is 3.24. The number of urea groups is 1. The lowest BCUT2D eigenvalue weighted by Crippen LogP contribution is -2.42. The molecule has 0 radical (unpaired) electrons. The molecule has 5 heteroatoms. The van der Waals surface area contributed by atoms with Gasteiger partial charge >= 0.3 is 6.03 Å². The number of aromatic nitrogens is 1. The maximum Gasteiger partial charge on any atom is 0.317 e. The van der Waals surface area contributed by atoms with E-state index in [0.717, 1.165) is 24.8 Å². The quantitative estimate of drug-likeness (QED) is 0.806. The number of aliphatic hydroxyl groups is 1. The minimum atomic E-state index is -0.380. The third-order valence-electron chi connectivity index (χ3n) is 3.39. The largest absolute Gasteiger partial charge is 0.391 e. The van der Waals surface area contributed by atoms with Crippen molar-refractivity contribution in [3.63, 3.8) is 0 Å². The third-order valence-corrected chi connectivity index (χ3v) is 3.39. The second-order valence-electron chi connectivity index (χ2n) is 5.13. The molecule has 1 unspecified atom stereocenters. The normalized spacial score (nSPS) is 15.9. The van der Waals surface area contributed by atoms with Gasteiger partial charge in [0.2, 0.25) is 0 Å². The number of rotatable bonds is 6. The van der Waals surface area contributed by atoms with Crippen molar-refractivity contribution in [2.45, 2.75) is 25.4 Å². The van der Waals surface area contributed by atoms with E-state index in [1.807, 2.05) is 12.1 Å². The molecule has 1 atom stereocenters.